The molecule has 124 valence electrons. The van der Waals surface area contributed by atoms with E-state index in [-0.39, 0.29) is 42.0 Å². The van der Waals surface area contributed by atoms with Crippen molar-refractivity contribution >= 4 is 23.6 Å². The molecule has 6 heteroatoms. The topological polar surface area (TPSA) is 46.6 Å². The van der Waals surface area contributed by atoms with Gasteiger partial charge in [-0.25, -0.2) is 4.39 Å². The fourth-order valence-electron chi connectivity index (χ4n) is 3.15. The third-order valence-electron chi connectivity index (χ3n) is 4.55. The molecule has 1 aromatic carbocycles. The lowest BCUT2D eigenvalue weighted by atomic mass is 10.1. The molecule has 2 aliphatic rings. The van der Waals surface area contributed by atoms with Crippen LogP contribution in [0, 0.1) is 11.7 Å². The smallest absolute Gasteiger partial charge is 0.307 e. The van der Waals surface area contributed by atoms with Crippen molar-refractivity contribution in [2.75, 3.05) is 25.2 Å². The van der Waals surface area contributed by atoms with Gasteiger partial charge in [0, 0.05) is 24.0 Å². The summed E-state index contributed by atoms with van der Waals surface area (Å²) in [5.41, 5.74) is 1.01. The molecular formula is C17H20FNO3S. The summed E-state index contributed by atoms with van der Waals surface area (Å²) in [7, 11) is 1.37. The van der Waals surface area contributed by atoms with Crippen LogP contribution in [0.4, 0.5) is 4.39 Å². The van der Waals surface area contributed by atoms with Gasteiger partial charge in [-0.05, 0) is 30.0 Å². The van der Waals surface area contributed by atoms with E-state index in [1.165, 1.54) is 19.2 Å². The molecular weight excluding hydrogens is 317 g/mol. The average Bonchev–Trinajstić information content (AvgIpc) is 3.36. The highest BCUT2D eigenvalue weighted by molar-refractivity contribution is 7.99. The van der Waals surface area contributed by atoms with E-state index < -0.39 is 0 Å². The number of ether oxygens (including phenoxy) is 1. The predicted molar refractivity (Wildman–Crippen MR) is 86.7 cm³/mol. The van der Waals surface area contributed by atoms with Crippen LogP contribution in [0.3, 0.4) is 0 Å². The lowest BCUT2D eigenvalue weighted by Gasteiger charge is -2.35. The average molecular weight is 337 g/mol. The van der Waals surface area contributed by atoms with Crippen molar-refractivity contribution in [2.45, 2.75) is 24.8 Å². The molecule has 1 heterocycles. The summed E-state index contributed by atoms with van der Waals surface area (Å²) >= 11 is 1.76. The molecule has 1 amide bonds. The maximum absolute atomic E-state index is 13.0. The van der Waals surface area contributed by atoms with Crippen LogP contribution in [-0.4, -0.2) is 48.0 Å². The summed E-state index contributed by atoms with van der Waals surface area (Å²) in [6.45, 7) is 0.678. The van der Waals surface area contributed by atoms with Crippen LogP contribution >= 0.6 is 11.8 Å². The third-order valence-corrected chi connectivity index (χ3v) is 5.64. The molecule has 1 aliphatic carbocycles. The van der Waals surface area contributed by atoms with Crippen LogP contribution in [0.1, 0.15) is 24.3 Å². The molecule has 2 fully saturated rings. The minimum atomic E-state index is -0.277. The van der Waals surface area contributed by atoms with E-state index >= 15 is 0 Å². The van der Waals surface area contributed by atoms with Crippen LogP contribution in [0.15, 0.2) is 24.3 Å². The molecule has 23 heavy (non-hydrogen) atoms. The Bertz CT molecular complexity index is 592. The van der Waals surface area contributed by atoms with Gasteiger partial charge in [0.05, 0.1) is 19.6 Å². The lowest BCUT2D eigenvalue weighted by molar-refractivity contribution is -0.143. The van der Waals surface area contributed by atoms with Gasteiger partial charge in [-0.1, -0.05) is 12.1 Å². The van der Waals surface area contributed by atoms with Crippen LogP contribution in [0.5, 0.6) is 0 Å². The fourth-order valence-corrected chi connectivity index (χ4v) is 4.21. The van der Waals surface area contributed by atoms with Gasteiger partial charge < -0.3 is 9.64 Å². The number of rotatable bonds is 4. The van der Waals surface area contributed by atoms with E-state index in [2.05, 4.69) is 0 Å². The number of thioether (sulfide) groups is 1. The van der Waals surface area contributed by atoms with Gasteiger partial charge in [-0.3, -0.25) is 9.59 Å². The summed E-state index contributed by atoms with van der Waals surface area (Å²) in [4.78, 5) is 26.2. The first-order valence-corrected chi connectivity index (χ1v) is 8.96. The second kappa shape index (κ2) is 6.91. The van der Waals surface area contributed by atoms with E-state index in [0.29, 0.717) is 6.54 Å². The van der Waals surface area contributed by atoms with Crippen molar-refractivity contribution in [3.8, 4) is 0 Å². The Morgan fingerprint density at radius 1 is 1.35 bits per heavy atom. The molecule has 3 rings (SSSR count). The van der Waals surface area contributed by atoms with E-state index in [4.69, 9.17) is 4.74 Å². The van der Waals surface area contributed by atoms with Crippen molar-refractivity contribution in [3.63, 3.8) is 0 Å². The first-order valence-electron chi connectivity index (χ1n) is 7.80. The Kier molecular flexibility index (Phi) is 4.90. The molecule has 0 unspecified atom stereocenters. The van der Waals surface area contributed by atoms with Crippen LogP contribution in [-0.2, 0) is 14.3 Å². The molecule has 1 saturated heterocycles. The van der Waals surface area contributed by atoms with Crippen LogP contribution in [0.2, 0.25) is 0 Å². The first kappa shape index (κ1) is 16.3. The molecule has 0 spiro atoms. The highest BCUT2D eigenvalue weighted by Gasteiger charge is 2.47. The monoisotopic (exact) mass is 337 g/mol. The summed E-state index contributed by atoms with van der Waals surface area (Å²) in [6, 6.07) is 6.30. The summed E-state index contributed by atoms with van der Waals surface area (Å²) in [5.74, 6) is 1.39. The zero-order valence-electron chi connectivity index (χ0n) is 13.0. The number of methoxy groups -OCH3 is 1. The Hall–Kier alpha value is -1.56. The Morgan fingerprint density at radius 2 is 2.09 bits per heavy atom. The maximum Gasteiger partial charge on any atom is 0.307 e. The summed E-state index contributed by atoms with van der Waals surface area (Å²) < 4.78 is 17.7. The first-order chi connectivity index (χ1) is 11.1. The van der Waals surface area contributed by atoms with Crippen LogP contribution in [0.25, 0.3) is 0 Å². The zero-order chi connectivity index (χ0) is 16.4. The number of esters is 1. The fraction of sp³-hybridized carbons (Fsp3) is 0.529. The number of hydrogen-bond donors (Lipinski definition) is 0. The molecule has 1 aromatic rings. The van der Waals surface area contributed by atoms with Crippen molar-refractivity contribution < 1.29 is 18.7 Å². The number of amides is 1. The predicted octanol–water partition coefficient (Wildman–Crippen LogP) is 2.44. The molecule has 0 bridgehead atoms. The van der Waals surface area contributed by atoms with Crippen molar-refractivity contribution in [2.24, 2.45) is 5.92 Å². The standard InChI is InChI=1S/C17H20FNO3S/c1-22-16(20)8-13-10-23-7-6-19(13)17(21)15-9-14(15)11-2-4-12(18)5-3-11/h2-5,13-15H,6-10H2,1H3/t13-,14-,15+/m1/s1. The molecule has 4 nitrogen and oxygen atoms in total. The van der Waals surface area contributed by atoms with Crippen molar-refractivity contribution in [1.29, 1.82) is 0 Å². The second-order valence-corrected chi connectivity index (χ2v) is 7.19. The van der Waals surface area contributed by atoms with Crippen LogP contribution < -0.4 is 0 Å². The lowest BCUT2D eigenvalue weighted by Crippen LogP contribution is -2.48. The Labute approximate surface area is 139 Å². The molecule has 1 saturated carbocycles. The molecule has 3 atom stereocenters. The largest absolute Gasteiger partial charge is 0.469 e. The number of carbonyl (C=O) groups is 2. The molecule has 0 radical (unpaired) electrons. The molecule has 1 aliphatic heterocycles. The minimum Gasteiger partial charge on any atom is -0.469 e. The highest BCUT2D eigenvalue weighted by atomic mass is 32.2. The summed E-state index contributed by atoms with van der Waals surface area (Å²) in [5, 5.41) is 0. The minimum absolute atomic E-state index is 0.0382. The van der Waals surface area contributed by atoms with E-state index in [0.717, 1.165) is 23.5 Å². The normalized spacial score (nSPS) is 26.7. The SMILES string of the molecule is COC(=O)C[C@@H]1CSCCN1C(=O)[C@H]1C[C@@H]1c1ccc(F)cc1. The zero-order valence-corrected chi connectivity index (χ0v) is 13.9. The highest BCUT2D eigenvalue weighted by Crippen LogP contribution is 2.49. The Balaban J connectivity index is 1.64. The summed E-state index contributed by atoms with van der Waals surface area (Å²) in [6.07, 6.45) is 1.06. The van der Waals surface area contributed by atoms with Crippen molar-refractivity contribution in [3.05, 3.63) is 35.6 Å². The number of halogens is 1. The molecule has 0 aromatic heterocycles. The van der Waals surface area contributed by atoms with Gasteiger partial charge in [-0.15, -0.1) is 0 Å². The maximum atomic E-state index is 13.0. The second-order valence-electron chi connectivity index (χ2n) is 6.04. The number of carbonyl (C=O) groups excluding carboxylic acids is 2. The van der Waals surface area contributed by atoms with Gasteiger partial charge in [0.25, 0.3) is 0 Å². The third kappa shape index (κ3) is 3.68. The van der Waals surface area contributed by atoms with Gasteiger partial charge in [-0.2, -0.15) is 11.8 Å². The van der Waals surface area contributed by atoms with E-state index in [9.17, 15) is 14.0 Å². The number of nitrogens with zero attached hydrogens (tertiary/aromatic N) is 1. The van der Waals surface area contributed by atoms with Crippen molar-refractivity contribution in [1.82, 2.24) is 4.90 Å². The van der Waals surface area contributed by atoms with Gasteiger partial charge in [0.1, 0.15) is 5.82 Å². The number of hydrogen-bond acceptors (Lipinski definition) is 4. The van der Waals surface area contributed by atoms with Gasteiger partial charge in [0.15, 0.2) is 0 Å². The van der Waals surface area contributed by atoms with Gasteiger partial charge >= 0.3 is 5.97 Å². The van der Waals surface area contributed by atoms with Gasteiger partial charge in [0.2, 0.25) is 5.91 Å². The van der Waals surface area contributed by atoms with E-state index in [1.807, 2.05) is 4.90 Å². The quantitative estimate of drug-likeness (QED) is 0.792. The number of benzene rings is 1. The van der Waals surface area contributed by atoms with E-state index in [1.54, 1.807) is 23.9 Å². The Morgan fingerprint density at radius 3 is 2.78 bits per heavy atom. The molecule has 0 N–H and O–H groups in total.